The lowest BCUT2D eigenvalue weighted by molar-refractivity contribution is -0.00440. The summed E-state index contributed by atoms with van der Waals surface area (Å²) in [4.78, 5) is 8.27. The van der Waals surface area contributed by atoms with Crippen molar-refractivity contribution in [1.29, 1.82) is 0 Å². The van der Waals surface area contributed by atoms with Gasteiger partial charge >= 0.3 is 0 Å². The van der Waals surface area contributed by atoms with Crippen LogP contribution in [0.25, 0.3) is 0 Å². The Morgan fingerprint density at radius 3 is 3.20 bits per heavy atom. The molecular weight excluding hydrogens is 280 g/mol. The third-order valence-electron chi connectivity index (χ3n) is 3.55. The number of aliphatic hydroxyl groups excluding tert-OH is 2. The molecular formula is C12H18N4O3S. The number of aliphatic hydroxyl groups is 2. The normalized spacial score (nSPS) is 32.8. The largest absolute Gasteiger partial charge is 0.390 e. The zero-order valence-corrected chi connectivity index (χ0v) is 12.0. The van der Waals surface area contributed by atoms with Gasteiger partial charge in [-0.2, -0.15) is 11.8 Å². The predicted octanol–water partition coefficient (Wildman–Crippen LogP) is 0.382. The number of aliphatic imine (C=N–C) groups is 1. The summed E-state index contributed by atoms with van der Waals surface area (Å²) >= 11 is 1.65. The molecule has 2 aliphatic heterocycles. The Morgan fingerprint density at radius 2 is 2.40 bits per heavy atom. The van der Waals surface area contributed by atoms with Gasteiger partial charge in [-0.15, -0.1) is 0 Å². The Labute approximate surface area is 121 Å². The molecule has 0 radical (unpaired) electrons. The van der Waals surface area contributed by atoms with Crippen molar-refractivity contribution in [3.8, 4) is 0 Å². The number of thioether (sulfide) groups is 1. The number of rotatable bonds is 3. The van der Waals surface area contributed by atoms with Gasteiger partial charge in [0.2, 0.25) is 0 Å². The van der Waals surface area contributed by atoms with Crippen molar-refractivity contribution in [2.24, 2.45) is 4.99 Å². The number of hydrogen-bond acceptors (Lipinski definition) is 7. The van der Waals surface area contributed by atoms with Gasteiger partial charge in [0.25, 0.3) is 0 Å². The first kappa shape index (κ1) is 13.9. The molecule has 1 aromatic heterocycles. The fourth-order valence-electron chi connectivity index (χ4n) is 2.53. The molecule has 1 fully saturated rings. The van der Waals surface area contributed by atoms with E-state index >= 15 is 0 Å². The van der Waals surface area contributed by atoms with Crippen molar-refractivity contribution in [1.82, 2.24) is 9.55 Å². The lowest BCUT2D eigenvalue weighted by Crippen LogP contribution is -2.23. The van der Waals surface area contributed by atoms with Crippen LogP contribution in [0.1, 0.15) is 24.4 Å². The first-order chi connectivity index (χ1) is 9.70. The minimum Gasteiger partial charge on any atom is -0.390 e. The quantitative estimate of drug-likeness (QED) is 0.747. The van der Waals surface area contributed by atoms with E-state index in [9.17, 15) is 10.2 Å². The van der Waals surface area contributed by atoms with E-state index in [1.54, 1.807) is 24.4 Å². The first-order valence-corrected chi connectivity index (χ1v) is 7.92. The Kier molecular flexibility index (Phi) is 3.97. The van der Waals surface area contributed by atoms with E-state index in [0.717, 1.165) is 5.75 Å². The average molecular weight is 298 g/mol. The van der Waals surface area contributed by atoms with Crippen molar-refractivity contribution in [2.75, 3.05) is 23.9 Å². The Morgan fingerprint density at radius 1 is 1.55 bits per heavy atom. The summed E-state index contributed by atoms with van der Waals surface area (Å²) in [5.41, 5.74) is 0.564. The molecule has 0 spiro atoms. The van der Waals surface area contributed by atoms with Gasteiger partial charge in [-0.3, -0.25) is 9.56 Å². The maximum atomic E-state index is 10.0. The summed E-state index contributed by atoms with van der Waals surface area (Å²) in [6.07, 6.45) is 4.06. The molecule has 3 N–H and O–H groups in total. The predicted molar refractivity (Wildman–Crippen MR) is 77.1 cm³/mol. The van der Waals surface area contributed by atoms with Crippen LogP contribution in [-0.2, 0) is 4.74 Å². The number of ether oxygens (including phenoxy) is 1. The lowest BCUT2D eigenvalue weighted by Gasteiger charge is -2.17. The molecule has 1 aromatic rings. The standard InChI is InChI=1S/C12H18N4O3S/c1-20-4-9-7(17)2-10(19-9)16-6-15-11-8(18)3-13-5-14-12(11)16/h5-10,17-18H,2-4H2,1H3,(H,13,14)/t7-,8+,9+,10+/m0/s1. The highest BCUT2D eigenvalue weighted by Gasteiger charge is 2.36. The van der Waals surface area contributed by atoms with Crippen LogP contribution in [0.4, 0.5) is 5.82 Å². The summed E-state index contributed by atoms with van der Waals surface area (Å²) in [5.74, 6) is 1.44. The molecule has 8 heteroatoms. The Bertz CT molecular complexity index is 507. The van der Waals surface area contributed by atoms with Crippen LogP contribution in [0.2, 0.25) is 0 Å². The van der Waals surface area contributed by atoms with Crippen LogP contribution in [0.15, 0.2) is 11.3 Å². The summed E-state index contributed by atoms with van der Waals surface area (Å²) < 4.78 is 7.71. The number of fused-ring (bicyclic) bond motifs is 1. The van der Waals surface area contributed by atoms with Gasteiger partial charge in [-0.05, 0) is 6.26 Å². The maximum absolute atomic E-state index is 10.0. The second-order valence-corrected chi connectivity index (χ2v) is 5.84. The van der Waals surface area contributed by atoms with E-state index in [2.05, 4.69) is 15.3 Å². The van der Waals surface area contributed by atoms with Crippen LogP contribution < -0.4 is 5.32 Å². The highest BCUT2D eigenvalue weighted by atomic mass is 32.2. The SMILES string of the molecule is CSC[C@H]1O[C@@H](n2cnc3c2NC=NC[C@H]3O)C[C@@H]1O. The van der Waals surface area contributed by atoms with E-state index in [1.165, 1.54) is 0 Å². The average Bonchev–Trinajstić information content (AvgIpc) is 2.94. The van der Waals surface area contributed by atoms with Crippen LogP contribution in [-0.4, -0.2) is 56.9 Å². The molecule has 0 unspecified atom stereocenters. The van der Waals surface area contributed by atoms with Crippen molar-refractivity contribution in [3.05, 3.63) is 12.0 Å². The Hall–Kier alpha value is -1.09. The summed E-state index contributed by atoms with van der Waals surface area (Å²) in [5, 5.41) is 23.0. The number of nitrogens with one attached hydrogen (secondary N) is 1. The number of nitrogens with zero attached hydrogens (tertiary/aromatic N) is 3. The lowest BCUT2D eigenvalue weighted by atomic mass is 10.2. The van der Waals surface area contributed by atoms with Crippen LogP contribution in [0, 0.1) is 0 Å². The van der Waals surface area contributed by atoms with Crippen molar-refractivity contribution < 1.29 is 14.9 Å². The second-order valence-electron chi connectivity index (χ2n) is 4.93. The first-order valence-electron chi connectivity index (χ1n) is 6.52. The van der Waals surface area contributed by atoms with Crippen molar-refractivity contribution in [3.63, 3.8) is 0 Å². The highest BCUT2D eigenvalue weighted by molar-refractivity contribution is 7.98. The third kappa shape index (κ3) is 2.44. The topological polar surface area (TPSA) is 91.9 Å². The number of hydrogen-bond donors (Lipinski definition) is 3. The van der Waals surface area contributed by atoms with E-state index in [4.69, 9.17) is 4.74 Å². The molecule has 0 bridgehead atoms. The fraction of sp³-hybridized carbons (Fsp3) is 0.667. The summed E-state index contributed by atoms with van der Waals surface area (Å²) in [7, 11) is 0. The molecule has 0 saturated carbocycles. The van der Waals surface area contributed by atoms with Crippen molar-refractivity contribution in [2.45, 2.75) is 31.0 Å². The van der Waals surface area contributed by atoms with Gasteiger partial charge in [0, 0.05) is 12.2 Å². The number of anilines is 1. The molecule has 7 nitrogen and oxygen atoms in total. The van der Waals surface area contributed by atoms with Gasteiger partial charge in [0.05, 0.1) is 31.4 Å². The smallest absolute Gasteiger partial charge is 0.139 e. The zero-order valence-electron chi connectivity index (χ0n) is 11.1. The fourth-order valence-corrected chi connectivity index (χ4v) is 3.16. The van der Waals surface area contributed by atoms with E-state index < -0.39 is 12.2 Å². The van der Waals surface area contributed by atoms with Crippen LogP contribution >= 0.6 is 11.8 Å². The summed E-state index contributed by atoms with van der Waals surface area (Å²) in [6, 6.07) is 0. The molecule has 2 aliphatic rings. The molecule has 1 saturated heterocycles. The third-order valence-corrected chi connectivity index (χ3v) is 4.22. The zero-order chi connectivity index (χ0) is 14.1. The molecule has 110 valence electrons. The Balaban J connectivity index is 1.84. The van der Waals surface area contributed by atoms with E-state index in [1.807, 2.05) is 10.8 Å². The molecule has 0 amide bonds. The molecule has 0 aromatic carbocycles. The van der Waals surface area contributed by atoms with Crippen LogP contribution in [0.5, 0.6) is 0 Å². The van der Waals surface area contributed by atoms with Gasteiger partial charge in [0.1, 0.15) is 23.8 Å². The highest BCUT2D eigenvalue weighted by Crippen LogP contribution is 2.35. The molecule has 3 heterocycles. The molecule has 0 aliphatic carbocycles. The van der Waals surface area contributed by atoms with Gasteiger partial charge in [-0.1, -0.05) is 0 Å². The van der Waals surface area contributed by atoms with Gasteiger partial charge < -0.3 is 20.3 Å². The van der Waals surface area contributed by atoms with Crippen molar-refractivity contribution >= 4 is 23.9 Å². The molecule has 3 rings (SSSR count). The molecule has 20 heavy (non-hydrogen) atoms. The summed E-state index contributed by atoms with van der Waals surface area (Å²) in [6.45, 7) is 0.292. The minimum atomic E-state index is -0.717. The van der Waals surface area contributed by atoms with Gasteiger partial charge in [-0.25, -0.2) is 4.98 Å². The minimum absolute atomic E-state index is 0.169. The monoisotopic (exact) mass is 298 g/mol. The van der Waals surface area contributed by atoms with Gasteiger partial charge in [0.15, 0.2) is 0 Å². The molecule has 4 atom stereocenters. The van der Waals surface area contributed by atoms with E-state index in [-0.39, 0.29) is 12.3 Å². The second kappa shape index (κ2) is 5.72. The number of imidazole rings is 1. The van der Waals surface area contributed by atoms with Crippen LogP contribution in [0.3, 0.4) is 0 Å². The maximum Gasteiger partial charge on any atom is 0.139 e. The number of aromatic nitrogens is 2. The van der Waals surface area contributed by atoms with E-state index in [0.29, 0.717) is 24.5 Å².